The van der Waals surface area contributed by atoms with Crippen molar-refractivity contribution in [2.75, 3.05) is 27.8 Å². The number of nitrogens with two attached hydrogens (primary N) is 1. The second-order valence-corrected chi connectivity index (χ2v) is 5.41. The summed E-state index contributed by atoms with van der Waals surface area (Å²) in [6.07, 6.45) is 0. The highest BCUT2D eigenvalue weighted by atomic mass is 16.5. The van der Waals surface area contributed by atoms with Crippen molar-refractivity contribution in [1.82, 2.24) is 4.90 Å². The van der Waals surface area contributed by atoms with E-state index < -0.39 is 0 Å². The largest absolute Gasteiger partial charge is 0.496 e. The van der Waals surface area contributed by atoms with Gasteiger partial charge >= 0.3 is 0 Å². The Morgan fingerprint density at radius 2 is 1.95 bits per heavy atom. The molecule has 0 spiro atoms. The molecule has 1 aromatic rings. The molecule has 0 aliphatic heterocycles. The molecule has 0 bridgehead atoms. The van der Waals surface area contributed by atoms with Crippen molar-refractivity contribution >= 4 is 0 Å². The molecular formula is C15H26N2O2. The van der Waals surface area contributed by atoms with Crippen molar-refractivity contribution in [3.05, 3.63) is 29.3 Å². The van der Waals surface area contributed by atoms with Crippen molar-refractivity contribution < 1.29 is 9.84 Å². The fourth-order valence-corrected chi connectivity index (χ4v) is 2.42. The second kappa shape index (κ2) is 6.89. The topological polar surface area (TPSA) is 58.7 Å². The number of ether oxygens (including phenoxy) is 1. The molecule has 0 saturated carbocycles. The summed E-state index contributed by atoms with van der Waals surface area (Å²) in [5.74, 6) is 1.27. The number of likely N-dealkylation sites (N-methyl/N-ethyl adjacent to an activating group) is 1. The molecule has 0 aromatic heterocycles. The van der Waals surface area contributed by atoms with E-state index in [-0.39, 0.29) is 18.7 Å². The molecule has 0 amide bonds. The first kappa shape index (κ1) is 16.0. The molecule has 0 aliphatic carbocycles. The molecular weight excluding hydrogens is 240 g/mol. The Bertz CT molecular complexity index is 405. The summed E-state index contributed by atoms with van der Waals surface area (Å²) in [5, 5.41) is 9.32. The first-order chi connectivity index (χ1) is 8.92. The molecule has 1 rings (SSSR count). The van der Waals surface area contributed by atoms with Crippen LogP contribution in [0.25, 0.3) is 0 Å². The molecule has 2 unspecified atom stereocenters. The van der Waals surface area contributed by atoms with E-state index in [0.29, 0.717) is 5.92 Å². The van der Waals surface area contributed by atoms with Crippen LogP contribution in [0.4, 0.5) is 0 Å². The molecule has 0 aliphatic rings. The zero-order chi connectivity index (χ0) is 14.6. The average Bonchev–Trinajstić information content (AvgIpc) is 2.38. The predicted octanol–water partition coefficient (Wildman–Crippen LogP) is 1.74. The summed E-state index contributed by atoms with van der Waals surface area (Å²) in [6, 6.07) is 5.82. The van der Waals surface area contributed by atoms with Gasteiger partial charge in [0.1, 0.15) is 5.75 Å². The van der Waals surface area contributed by atoms with E-state index in [1.54, 1.807) is 7.11 Å². The van der Waals surface area contributed by atoms with Gasteiger partial charge in [-0.25, -0.2) is 0 Å². The number of nitrogens with zero attached hydrogens (tertiary/aromatic N) is 1. The third kappa shape index (κ3) is 3.69. The van der Waals surface area contributed by atoms with Crippen LogP contribution in [0, 0.1) is 0 Å². The zero-order valence-corrected chi connectivity index (χ0v) is 12.6. The van der Waals surface area contributed by atoms with Crippen LogP contribution >= 0.6 is 0 Å². The van der Waals surface area contributed by atoms with Crippen LogP contribution in [0.1, 0.15) is 36.9 Å². The van der Waals surface area contributed by atoms with Gasteiger partial charge in [-0.15, -0.1) is 0 Å². The maximum atomic E-state index is 9.32. The summed E-state index contributed by atoms with van der Waals surface area (Å²) < 4.78 is 5.39. The first-order valence-corrected chi connectivity index (χ1v) is 6.63. The van der Waals surface area contributed by atoms with E-state index in [2.05, 4.69) is 19.9 Å². The highest BCUT2D eigenvalue weighted by molar-refractivity contribution is 5.40. The number of aliphatic hydroxyl groups excluding tert-OH is 1. The standard InChI is InChI=1S/C15H26N2O2/c1-10(2)12-8-11(6-7-14(12)19-5)15(17(3)4)13(16)9-18/h6-8,10,13,15,18H,9,16H2,1-5H3. The SMILES string of the molecule is COc1ccc(C(C(N)CO)N(C)C)cc1C(C)C. The maximum absolute atomic E-state index is 9.32. The summed E-state index contributed by atoms with van der Waals surface area (Å²) in [5.41, 5.74) is 8.30. The minimum atomic E-state index is -0.302. The highest BCUT2D eigenvalue weighted by Crippen LogP contribution is 2.31. The summed E-state index contributed by atoms with van der Waals surface area (Å²) in [4.78, 5) is 2.03. The number of aliphatic hydroxyl groups is 1. The van der Waals surface area contributed by atoms with Crippen LogP contribution in [-0.4, -0.2) is 43.9 Å². The summed E-state index contributed by atoms with van der Waals surface area (Å²) >= 11 is 0. The molecule has 0 radical (unpaired) electrons. The van der Waals surface area contributed by atoms with Crippen molar-refractivity contribution in [1.29, 1.82) is 0 Å². The van der Waals surface area contributed by atoms with E-state index in [9.17, 15) is 5.11 Å². The van der Waals surface area contributed by atoms with Gasteiger partial charge in [-0.2, -0.15) is 0 Å². The van der Waals surface area contributed by atoms with Gasteiger partial charge in [-0.1, -0.05) is 26.0 Å². The van der Waals surface area contributed by atoms with Gasteiger partial charge in [0.25, 0.3) is 0 Å². The number of benzene rings is 1. The van der Waals surface area contributed by atoms with Gasteiger partial charge in [0.15, 0.2) is 0 Å². The lowest BCUT2D eigenvalue weighted by Crippen LogP contribution is -2.39. The Morgan fingerprint density at radius 1 is 1.32 bits per heavy atom. The third-order valence-corrected chi connectivity index (χ3v) is 3.39. The predicted molar refractivity (Wildman–Crippen MR) is 78.6 cm³/mol. The van der Waals surface area contributed by atoms with E-state index in [1.165, 1.54) is 0 Å². The van der Waals surface area contributed by atoms with Gasteiger partial charge in [-0.05, 0) is 37.2 Å². The van der Waals surface area contributed by atoms with Crippen LogP contribution in [0.2, 0.25) is 0 Å². The second-order valence-electron chi connectivity index (χ2n) is 5.41. The first-order valence-electron chi connectivity index (χ1n) is 6.63. The number of hydrogen-bond acceptors (Lipinski definition) is 4. The van der Waals surface area contributed by atoms with Crippen LogP contribution in [-0.2, 0) is 0 Å². The van der Waals surface area contributed by atoms with Gasteiger partial charge in [0, 0.05) is 6.04 Å². The van der Waals surface area contributed by atoms with Gasteiger partial charge in [-0.3, -0.25) is 0 Å². The number of hydrogen-bond donors (Lipinski definition) is 2. The van der Waals surface area contributed by atoms with Crippen LogP contribution in [0.15, 0.2) is 18.2 Å². The van der Waals surface area contributed by atoms with E-state index in [4.69, 9.17) is 10.5 Å². The zero-order valence-electron chi connectivity index (χ0n) is 12.6. The summed E-state index contributed by atoms with van der Waals surface area (Å²) in [6.45, 7) is 4.24. The van der Waals surface area contributed by atoms with Crippen molar-refractivity contribution in [2.24, 2.45) is 5.73 Å². The van der Waals surface area contributed by atoms with Crippen molar-refractivity contribution in [3.63, 3.8) is 0 Å². The lowest BCUT2D eigenvalue weighted by molar-refractivity contribution is 0.181. The fourth-order valence-electron chi connectivity index (χ4n) is 2.42. The molecule has 108 valence electrons. The Balaban J connectivity index is 3.21. The quantitative estimate of drug-likeness (QED) is 0.823. The van der Waals surface area contributed by atoms with Gasteiger partial charge < -0.3 is 20.5 Å². The molecule has 4 heteroatoms. The van der Waals surface area contributed by atoms with Gasteiger partial charge in [0.05, 0.1) is 19.8 Å². The van der Waals surface area contributed by atoms with E-state index in [1.807, 2.05) is 31.1 Å². The monoisotopic (exact) mass is 266 g/mol. The number of methoxy groups -OCH3 is 1. The fraction of sp³-hybridized carbons (Fsp3) is 0.600. The van der Waals surface area contributed by atoms with Gasteiger partial charge in [0.2, 0.25) is 0 Å². The molecule has 0 saturated heterocycles. The molecule has 3 N–H and O–H groups in total. The van der Waals surface area contributed by atoms with Crippen molar-refractivity contribution in [2.45, 2.75) is 31.8 Å². The molecule has 0 fully saturated rings. The van der Waals surface area contributed by atoms with E-state index in [0.717, 1.165) is 16.9 Å². The lowest BCUT2D eigenvalue weighted by Gasteiger charge is -2.30. The minimum absolute atomic E-state index is 0.00611. The maximum Gasteiger partial charge on any atom is 0.122 e. The summed E-state index contributed by atoms with van der Waals surface area (Å²) in [7, 11) is 5.63. The van der Waals surface area contributed by atoms with Crippen molar-refractivity contribution in [3.8, 4) is 5.75 Å². The number of rotatable bonds is 6. The Labute approximate surface area is 116 Å². The Hall–Kier alpha value is -1.10. The smallest absolute Gasteiger partial charge is 0.122 e. The lowest BCUT2D eigenvalue weighted by atomic mass is 9.93. The molecule has 0 heterocycles. The minimum Gasteiger partial charge on any atom is -0.496 e. The molecule has 4 nitrogen and oxygen atoms in total. The Morgan fingerprint density at radius 3 is 2.37 bits per heavy atom. The molecule has 2 atom stereocenters. The third-order valence-electron chi connectivity index (χ3n) is 3.39. The highest BCUT2D eigenvalue weighted by Gasteiger charge is 2.22. The van der Waals surface area contributed by atoms with Crippen LogP contribution in [0.3, 0.4) is 0 Å². The normalized spacial score (nSPS) is 14.8. The van der Waals surface area contributed by atoms with Crippen LogP contribution < -0.4 is 10.5 Å². The molecule has 19 heavy (non-hydrogen) atoms. The average molecular weight is 266 g/mol. The van der Waals surface area contributed by atoms with E-state index >= 15 is 0 Å². The van der Waals surface area contributed by atoms with Crippen LogP contribution in [0.5, 0.6) is 5.75 Å². The molecule has 1 aromatic carbocycles. The Kier molecular flexibility index (Phi) is 5.79.